The maximum Gasteiger partial charge on any atom is 0.246 e. The molecule has 0 amide bonds. The Morgan fingerprint density at radius 3 is 2.65 bits per heavy atom. The zero-order valence-corrected chi connectivity index (χ0v) is 13.5. The van der Waals surface area contributed by atoms with Crippen molar-refractivity contribution >= 4 is 17.4 Å². The van der Waals surface area contributed by atoms with Gasteiger partial charge in [0, 0.05) is 37.4 Å². The van der Waals surface area contributed by atoms with E-state index in [0.717, 1.165) is 17.2 Å². The minimum absolute atomic E-state index is 0.416. The van der Waals surface area contributed by atoms with Crippen molar-refractivity contribution in [1.29, 1.82) is 0 Å². The number of hydrogen-bond donors (Lipinski definition) is 1. The summed E-state index contributed by atoms with van der Waals surface area (Å²) in [6, 6.07) is 6.65. The van der Waals surface area contributed by atoms with Crippen LogP contribution in [-0.2, 0) is 0 Å². The molecule has 0 spiro atoms. The number of fused-ring (bicyclic) bond motifs is 1. The van der Waals surface area contributed by atoms with Gasteiger partial charge in [0.2, 0.25) is 5.79 Å². The normalized spacial score (nSPS) is 26.3. The van der Waals surface area contributed by atoms with Gasteiger partial charge >= 0.3 is 0 Å². The Morgan fingerprint density at radius 1 is 1.15 bits per heavy atom. The summed E-state index contributed by atoms with van der Waals surface area (Å²) in [6.45, 7) is 8.55. The molecule has 0 aromatic heterocycles. The van der Waals surface area contributed by atoms with E-state index in [1.54, 1.807) is 0 Å². The van der Waals surface area contributed by atoms with Crippen LogP contribution in [0.25, 0.3) is 0 Å². The lowest BCUT2D eigenvalue weighted by Gasteiger charge is -2.35. The van der Waals surface area contributed by atoms with E-state index in [1.165, 1.54) is 17.9 Å². The molecule has 0 radical (unpaired) electrons. The number of hydrogen-bond acceptors (Lipinski definition) is 4. The lowest BCUT2D eigenvalue weighted by Crippen LogP contribution is -2.35. The van der Waals surface area contributed by atoms with Gasteiger partial charge in [-0.1, -0.05) is 13.8 Å². The van der Waals surface area contributed by atoms with E-state index in [9.17, 15) is 0 Å². The van der Waals surface area contributed by atoms with Crippen LogP contribution in [-0.4, -0.2) is 23.3 Å². The predicted molar refractivity (Wildman–Crippen MR) is 84.9 cm³/mol. The number of thioether (sulfide) groups is 1. The SMILES string of the molecule is CC1(C)CSCC(Nc2ccc3c(c2)OC(C)(C)O3)C1. The molecule has 0 saturated carbocycles. The van der Waals surface area contributed by atoms with Gasteiger partial charge in [0.1, 0.15) is 0 Å². The molecular weight excluding hydrogens is 270 g/mol. The standard InChI is InChI=1S/C16H23NO2S/c1-15(2)8-12(9-20-10-15)17-11-5-6-13-14(7-11)19-16(3,4)18-13/h5-7,12,17H,8-10H2,1-4H3. The van der Waals surface area contributed by atoms with E-state index >= 15 is 0 Å². The third-order valence-electron chi connectivity index (χ3n) is 3.64. The molecule has 1 fully saturated rings. The van der Waals surface area contributed by atoms with E-state index in [4.69, 9.17) is 9.47 Å². The van der Waals surface area contributed by atoms with Gasteiger partial charge in [0.25, 0.3) is 0 Å². The minimum Gasteiger partial charge on any atom is -0.449 e. The first-order valence-corrected chi connectivity index (χ1v) is 8.35. The van der Waals surface area contributed by atoms with Crippen LogP contribution in [0.1, 0.15) is 34.1 Å². The summed E-state index contributed by atoms with van der Waals surface area (Å²) in [5.74, 6) is 3.54. The Hall–Kier alpha value is -1.03. The topological polar surface area (TPSA) is 30.5 Å². The zero-order valence-electron chi connectivity index (χ0n) is 12.7. The maximum absolute atomic E-state index is 5.80. The molecule has 2 heterocycles. The molecule has 1 unspecified atom stereocenters. The fraction of sp³-hybridized carbons (Fsp3) is 0.625. The lowest BCUT2D eigenvalue weighted by molar-refractivity contribution is -0.0431. The van der Waals surface area contributed by atoms with Crippen LogP contribution in [0.2, 0.25) is 0 Å². The van der Waals surface area contributed by atoms with Gasteiger partial charge in [-0.05, 0) is 29.7 Å². The monoisotopic (exact) mass is 293 g/mol. The third kappa shape index (κ3) is 3.00. The minimum atomic E-state index is -0.552. The quantitative estimate of drug-likeness (QED) is 0.888. The van der Waals surface area contributed by atoms with Gasteiger partial charge in [-0.2, -0.15) is 11.8 Å². The molecule has 0 bridgehead atoms. The highest BCUT2D eigenvalue weighted by Gasteiger charge is 2.32. The second-order valence-corrected chi connectivity index (χ2v) is 8.02. The largest absolute Gasteiger partial charge is 0.449 e. The van der Waals surface area contributed by atoms with Gasteiger partial charge in [0.15, 0.2) is 11.5 Å². The van der Waals surface area contributed by atoms with Crippen LogP contribution in [0.15, 0.2) is 18.2 Å². The number of ether oxygens (including phenoxy) is 2. The van der Waals surface area contributed by atoms with Gasteiger partial charge in [0.05, 0.1) is 0 Å². The number of anilines is 1. The second-order valence-electron chi connectivity index (χ2n) is 6.99. The number of nitrogens with one attached hydrogen (secondary N) is 1. The Labute approximate surface area is 125 Å². The van der Waals surface area contributed by atoms with Crippen molar-refractivity contribution in [2.75, 3.05) is 16.8 Å². The van der Waals surface area contributed by atoms with Crippen LogP contribution in [0.4, 0.5) is 5.69 Å². The number of benzene rings is 1. The summed E-state index contributed by atoms with van der Waals surface area (Å²) >= 11 is 2.04. The predicted octanol–water partition coefficient (Wildman–Crippen LogP) is 4.14. The third-order valence-corrected chi connectivity index (χ3v) is 5.26. The molecule has 4 heteroatoms. The van der Waals surface area contributed by atoms with Gasteiger partial charge < -0.3 is 14.8 Å². The smallest absolute Gasteiger partial charge is 0.246 e. The van der Waals surface area contributed by atoms with Crippen LogP contribution in [0.3, 0.4) is 0 Å². The Kier molecular flexibility index (Phi) is 3.32. The van der Waals surface area contributed by atoms with Crippen molar-refractivity contribution < 1.29 is 9.47 Å². The van der Waals surface area contributed by atoms with Gasteiger partial charge in [-0.15, -0.1) is 0 Å². The highest BCUT2D eigenvalue weighted by atomic mass is 32.2. The molecule has 1 aromatic carbocycles. The highest BCUT2D eigenvalue weighted by Crippen LogP contribution is 2.41. The second kappa shape index (κ2) is 4.76. The summed E-state index contributed by atoms with van der Waals surface area (Å²) in [7, 11) is 0. The van der Waals surface area contributed by atoms with Crippen LogP contribution >= 0.6 is 11.8 Å². The first-order valence-electron chi connectivity index (χ1n) is 7.19. The first kappa shape index (κ1) is 13.9. The molecule has 0 aliphatic carbocycles. The molecule has 3 nitrogen and oxygen atoms in total. The average Bonchev–Trinajstić information content (AvgIpc) is 2.61. The average molecular weight is 293 g/mol. The van der Waals surface area contributed by atoms with Crippen molar-refractivity contribution in [3.8, 4) is 11.5 Å². The summed E-state index contributed by atoms with van der Waals surface area (Å²) in [5.41, 5.74) is 1.53. The lowest BCUT2D eigenvalue weighted by atomic mass is 9.88. The summed E-state index contributed by atoms with van der Waals surface area (Å²) < 4.78 is 11.5. The van der Waals surface area contributed by atoms with Crippen LogP contribution in [0.5, 0.6) is 11.5 Å². The van der Waals surface area contributed by atoms with Gasteiger partial charge in [-0.3, -0.25) is 0 Å². The molecule has 3 rings (SSSR count). The van der Waals surface area contributed by atoms with Crippen molar-refractivity contribution in [3.05, 3.63) is 18.2 Å². The molecule has 1 atom stereocenters. The van der Waals surface area contributed by atoms with Crippen molar-refractivity contribution in [3.63, 3.8) is 0 Å². The van der Waals surface area contributed by atoms with E-state index < -0.39 is 5.79 Å². The van der Waals surface area contributed by atoms with Crippen LogP contribution < -0.4 is 14.8 Å². The fourth-order valence-corrected chi connectivity index (χ4v) is 4.18. The summed E-state index contributed by atoms with van der Waals surface area (Å²) in [5, 5.41) is 3.64. The molecule has 1 aromatic rings. The molecule has 1 saturated heterocycles. The van der Waals surface area contributed by atoms with Gasteiger partial charge in [-0.25, -0.2) is 0 Å². The maximum atomic E-state index is 5.80. The molecular formula is C16H23NO2S. The molecule has 110 valence electrons. The Balaban J connectivity index is 1.71. The molecule has 2 aliphatic rings. The van der Waals surface area contributed by atoms with Crippen LogP contribution in [0, 0.1) is 5.41 Å². The van der Waals surface area contributed by atoms with E-state index in [1.807, 2.05) is 31.7 Å². The van der Waals surface area contributed by atoms with E-state index in [0.29, 0.717) is 11.5 Å². The summed E-state index contributed by atoms with van der Waals surface area (Å²) in [6.07, 6.45) is 1.21. The molecule has 1 N–H and O–H groups in total. The number of rotatable bonds is 2. The fourth-order valence-electron chi connectivity index (χ4n) is 2.90. The van der Waals surface area contributed by atoms with Crippen molar-refractivity contribution in [1.82, 2.24) is 0 Å². The van der Waals surface area contributed by atoms with E-state index in [-0.39, 0.29) is 0 Å². The highest BCUT2D eigenvalue weighted by molar-refractivity contribution is 7.99. The molecule has 20 heavy (non-hydrogen) atoms. The van der Waals surface area contributed by atoms with E-state index in [2.05, 4.69) is 31.3 Å². The van der Waals surface area contributed by atoms with Crippen molar-refractivity contribution in [2.24, 2.45) is 5.41 Å². The van der Waals surface area contributed by atoms with Crippen molar-refractivity contribution in [2.45, 2.75) is 45.9 Å². The molecule has 2 aliphatic heterocycles. The Bertz CT molecular complexity index is 513. The summed E-state index contributed by atoms with van der Waals surface area (Å²) in [4.78, 5) is 0. The zero-order chi connectivity index (χ0) is 14.4. The first-order chi connectivity index (χ1) is 9.33. The Morgan fingerprint density at radius 2 is 1.90 bits per heavy atom.